The summed E-state index contributed by atoms with van der Waals surface area (Å²) in [5.74, 6) is 0.874. The number of carbonyl (C=O) groups excluding carboxylic acids is 2. The van der Waals surface area contributed by atoms with Gasteiger partial charge in [-0.15, -0.1) is 0 Å². The number of benzene rings is 14. The summed E-state index contributed by atoms with van der Waals surface area (Å²) in [5, 5.41) is 1.39. The van der Waals surface area contributed by atoms with Crippen LogP contribution in [0.25, 0.3) is 107 Å². The van der Waals surface area contributed by atoms with Crippen LogP contribution in [0.2, 0.25) is 0 Å². The summed E-state index contributed by atoms with van der Waals surface area (Å²) in [6.45, 7) is 0.110. The number of aromatic nitrogens is 6. The highest BCUT2D eigenvalue weighted by Crippen LogP contribution is 2.49. The van der Waals surface area contributed by atoms with Crippen molar-refractivity contribution < 1.29 is 19.1 Å². The first-order chi connectivity index (χ1) is 53.4. The molecule has 12 nitrogen and oxygen atoms in total. The lowest BCUT2D eigenvalue weighted by molar-refractivity contribution is 0.0464. The van der Waals surface area contributed by atoms with Gasteiger partial charge >= 0.3 is 11.9 Å². The molecule has 2 aliphatic rings. The molecular weight excluding hydrogens is 1330 g/mol. The minimum Gasteiger partial charge on any atom is -0.457 e. The Morgan fingerprint density at radius 1 is 0.306 bits per heavy atom. The lowest BCUT2D eigenvalue weighted by atomic mass is 9.33. The Hall–Kier alpha value is -14.4. The molecule has 108 heavy (non-hydrogen) atoms. The van der Waals surface area contributed by atoms with E-state index in [0.717, 1.165) is 89.7 Å². The second-order valence-corrected chi connectivity index (χ2v) is 26.9. The molecule has 13 heteroatoms. The number of rotatable bonds is 16. The zero-order valence-corrected chi connectivity index (χ0v) is 58.3. The normalized spacial score (nSPS) is 12.0. The van der Waals surface area contributed by atoms with Crippen LogP contribution in [0.1, 0.15) is 31.8 Å². The molecular formula is C95H63BN8O4. The molecule has 14 aromatic carbocycles. The molecule has 0 amide bonds. The molecule has 19 rings (SSSR count). The molecule has 0 fully saturated rings. The first kappa shape index (κ1) is 64.4. The highest BCUT2D eigenvalue weighted by atomic mass is 16.5. The minimum absolute atomic E-state index is 0.0665. The van der Waals surface area contributed by atoms with E-state index in [-0.39, 0.29) is 19.9 Å². The molecule has 2 aliphatic heterocycles. The van der Waals surface area contributed by atoms with Gasteiger partial charge in [-0.3, -0.25) is 0 Å². The van der Waals surface area contributed by atoms with Crippen molar-refractivity contribution >= 4 is 91.0 Å². The van der Waals surface area contributed by atoms with E-state index in [1.165, 1.54) is 16.4 Å². The predicted molar refractivity (Wildman–Crippen MR) is 433 cm³/mol. The first-order valence-electron chi connectivity index (χ1n) is 36.0. The van der Waals surface area contributed by atoms with Crippen LogP contribution in [-0.4, -0.2) is 48.1 Å². The summed E-state index contributed by atoms with van der Waals surface area (Å²) in [4.78, 5) is 60.3. The van der Waals surface area contributed by atoms with Gasteiger partial charge in [0.25, 0.3) is 6.71 Å². The zero-order chi connectivity index (χ0) is 72.0. The molecule has 0 aliphatic carbocycles. The van der Waals surface area contributed by atoms with Gasteiger partial charge in [-0.25, -0.2) is 34.5 Å². The second-order valence-electron chi connectivity index (χ2n) is 26.9. The Morgan fingerprint density at radius 3 is 1.23 bits per heavy atom. The average molecular weight is 1390 g/mol. The van der Waals surface area contributed by atoms with Crippen LogP contribution in [-0.2, 0) is 22.7 Å². The van der Waals surface area contributed by atoms with Gasteiger partial charge in [0.1, 0.15) is 13.2 Å². The number of carbonyl (C=O) groups is 2. The lowest BCUT2D eigenvalue weighted by Gasteiger charge is -2.45. The third-order valence-electron chi connectivity index (χ3n) is 20.3. The van der Waals surface area contributed by atoms with Gasteiger partial charge < -0.3 is 23.8 Å². The Kier molecular flexibility index (Phi) is 16.5. The smallest absolute Gasteiger partial charge is 0.338 e. The largest absolute Gasteiger partial charge is 0.457 e. The second kappa shape index (κ2) is 27.6. The molecule has 17 aromatic rings. The van der Waals surface area contributed by atoms with E-state index < -0.39 is 11.9 Å². The number of nitrogens with zero attached hydrogens (tertiary/aromatic N) is 8. The van der Waals surface area contributed by atoms with Crippen molar-refractivity contribution in [3.8, 4) is 84.9 Å². The van der Waals surface area contributed by atoms with Crippen LogP contribution in [0.3, 0.4) is 0 Å². The fourth-order valence-electron chi connectivity index (χ4n) is 15.3. The molecule has 0 saturated carbocycles. The van der Waals surface area contributed by atoms with Crippen molar-refractivity contribution in [3.63, 3.8) is 0 Å². The van der Waals surface area contributed by atoms with Gasteiger partial charge in [-0.05, 0) is 136 Å². The summed E-state index contributed by atoms with van der Waals surface area (Å²) in [6.07, 6.45) is 0. The third kappa shape index (κ3) is 11.9. The number of esters is 2. The van der Waals surface area contributed by atoms with E-state index in [4.69, 9.17) is 34.4 Å². The van der Waals surface area contributed by atoms with Crippen molar-refractivity contribution in [2.45, 2.75) is 13.2 Å². The molecule has 0 atom stereocenters. The molecule has 510 valence electrons. The van der Waals surface area contributed by atoms with Crippen LogP contribution in [0.15, 0.2) is 358 Å². The van der Waals surface area contributed by atoms with Gasteiger partial charge in [0.05, 0.1) is 44.9 Å². The number of para-hydroxylation sites is 4. The first-order valence-corrected chi connectivity index (χ1v) is 36.0. The van der Waals surface area contributed by atoms with Crippen molar-refractivity contribution in [3.05, 3.63) is 380 Å². The van der Waals surface area contributed by atoms with Gasteiger partial charge in [-0.1, -0.05) is 255 Å². The molecule has 3 aromatic heterocycles. The summed E-state index contributed by atoms with van der Waals surface area (Å²) in [6, 6.07) is 121. The van der Waals surface area contributed by atoms with Crippen LogP contribution in [0.4, 0.5) is 34.1 Å². The Labute approximate surface area is 623 Å². The molecule has 0 radical (unpaired) electrons. The highest BCUT2D eigenvalue weighted by molar-refractivity contribution is 7.00. The third-order valence-corrected chi connectivity index (χ3v) is 20.3. The maximum Gasteiger partial charge on any atom is 0.338 e. The molecule has 0 bridgehead atoms. The standard InChI is InChI=1S/C95H63BN8O4/c105-94(107-60-62-26-8-1-9-27-62)70-49-53-82-75(57-70)76-58-71(95(106)108-61-63-28-10-2-11-29-63)50-54-83(76)104(82)84-52-48-69(92-100-90(67-32-14-4-15-33-67)99-91(101-92)68-34-16-5-17-35-68)56-77(84)93-97-80(65-30-12-3-13-31-65)59-81(98-93)66-46-44-64(45-47-66)74-51-55-87-88-89(74)103(73-38-20-7-21-39-73)86-43-25-23-41-79(86)96(88)78-40-22-24-42-85(78)102(87)72-36-18-6-19-37-72/h1-59H,60-61H2. The van der Waals surface area contributed by atoms with Crippen LogP contribution in [0, 0.1) is 0 Å². The Bertz CT molecular complexity index is 6110. The van der Waals surface area contributed by atoms with Gasteiger partial charge in [-0.2, -0.15) is 0 Å². The minimum atomic E-state index is -0.494. The quantitative estimate of drug-likeness (QED) is 0.0677. The number of hydrogen-bond acceptors (Lipinski definition) is 11. The van der Waals surface area contributed by atoms with E-state index in [9.17, 15) is 9.59 Å². The van der Waals surface area contributed by atoms with Crippen LogP contribution >= 0.6 is 0 Å². The lowest BCUT2D eigenvalue weighted by Crippen LogP contribution is -2.61. The van der Waals surface area contributed by atoms with Gasteiger partial charge in [0.15, 0.2) is 23.3 Å². The van der Waals surface area contributed by atoms with Crippen molar-refractivity contribution in [1.29, 1.82) is 0 Å². The van der Waals surface area contributed by atoms with E-state index in [2.05, 4.69) is 190 Å². The Balaban J connectivity index is 0.806. The molecule has 0 N–H and O–H groups in total. The fourth-order valence-corrected chi connectivity index (χ4v) is 15.3. The zero-order valence-electron chi connectivity index (χ0n) is 58.3. The SMILES string of the molecule is O=C(OCc1ccccc1)c1ccc2c(c1)c1cc(C(=O)OCc3ccccc3)ccc1n2-c1ccc(-c2nc(-c3ccccc3)nc(-c3ccccc3)n2)cc1-c1nc(-c2ccccc2)cc(-c2ccc(-c3ccc4c5c3N(c3ccccc3)c3ccccc3B5c3ccccc3N4c3ccccc3)cc2)n1. The fraction of sp³-hybridized carbons (Fsp3) is 0.0211. The van der Waals surface area contributed by atoms with E-state index >= 15 is 0 Å². The topological polar surface area (TPSA) is 128 Å². The van der Waals surface area contributed by atoms with Crippen LogP contribution in [0.5, 0.6) is 0 Å². The number of hydrogen-bond donors (Lipinski definition) is 0. The summed E-state index contributed by atoms with van der Waals surface area (Å²) in [7, 11) is 0. The predicted octanol–water partition coefficient (Wildman–Crippen LogP) is 20.2. The maximum absolute atomic E-state index is 14.3. The Morgan fingerprint density at radius 2 is 0.713 bits per heavy atom. The summed E-state index contributed by atoms with van der Waals surface area (Å²) >= 11 is 0. The summed E-state index contributed by atoms with van der Waals surface area (Å²) in [5.41, 5.74) is 23.1. The van der Waals surface area contributed by atoms with Gasteiger partial charge in [0.2, 0.25) is 0 Å². The maximum atomic E-state index is 14.3. The number of anilines is 6. The molecule has 0 saturated heterocycles. The summed E-state index contributed by atoms with van der Waals surface area (Å²) < 4.78 is 14.1. The van der Waals surface area contributed by atoms with Crippen molar-refractivity contribution in [2.24, 2.45) is 0 Å². The molecule has 5 heterocycles. The molecule has 0 spiro atoms. The van der Waals surface area contributed by atoms with Gasteiger partial charge in [0, 0.05) is 78.2 Å². The molecule has 0 unspecified atom stereocenters. The van der Waals surface area contributed by atoms with Crippen molar-refractivity contribution in [2.75, 3.05) is 9.80 Å². The number of fused-ring (bicyclic) bond motifs is 7. The van der Waals surface area contributed by atoms with Crippen molar-refractivity contribution in [1.82, 2.24) is 29.5 Å². The average Bonchev–Trinajstić information content (AvgIpc) is 0.842. The van der Waals surface area contributed by atoms with E-state index in [1.807, 2.05) is 170 Å². The highest BCUT2D eigenvalue weighted by Gasteiger charge is 2.44. The van der Waals surface area contributed by atoms with Crippen LogP contribution < -0.4 is 26.2 Å². The number of ether oxygens (including phenoxy) is 2. The van der Waals surface area contributed by atoms with E-state index in [1.54, 1.807) is 12.1 Å². The monoisotopic (exact) mass is 1390 g/mol. The van der Waals surface area contributed by atoms with E-state index in [0.29, 0.717) is 73.4 Å².